The van der Waals surface area contributed by atoms with Gasteiger partial charge in [0, 0.05) is 6.07 Å². The fourth-order valence-corrected chi connectivity index (χ4v) is 2.57. The second kappa shape index (κ2) is 7.88. The summed E-state index contributed by atoms with van der Waals surface area (Å²) in [4.78, 5) is 11.9. The third-order valence-electron chi connectivity index (χ3n) is 3.79. The lowest BCUT2D eigenvalue weighted by molar-refractivity contribution is -0.122. The number of carbonyl (C=O) groups is 1. The average Bonchev–Trinajstić information content (AvgIpc) is 2.76. The monoisotopic (exact) mass is 292 g/mol. The third-order valence-corrected chi connectivity index (χ3v) is 3.79. The van der Waals surface area contributed by atoms with E-state index in [0.29, 0.717) is 17.1 Å². The van der Waals surface area contributed by atoms with Crippen LogP contribution >= 0.6 is 0 Å². The van der Waals surface area contributed by atoms with Crippen LogP contribution in [0.4, 0.5) is 11.4 Å². The van der Waals surface area contributed by atoms with Gasteiger partial charge in [-0.15, -0.1) is 0 Å². The number of nitrogen functional groups attached to an aromatic ring is 1. The van der Waals surface area contributed by atoms with Gasteiger partial charge in [0.15, 0.2) is 0 Å². The fourth-order valence-electron chi connectivity index (χ4n) is 2.57. The number of amides is 1. The molecule has 0 aromatic heterocycles. The van der Waals surface area contributed by atoms with Crippen molar-refractivity contribution in [2.45, 2.75) is 44.6 Å². The van der Waals surface area contributed by atoms with E-state index in [-0.39, 0.29) is 18.6 Å². The van der Waals surface area contributed by atoms with Gasteiger partial charge in [-0.2, -0.15) is 0 Å². The summed E-state index contributed by atoms with van der Waals surface area (Å²) in [5, 5.41) is 2.77. The van der Waals surface area contributed by atoms with E-state index in [2.05, 4.69) is 5.32 Å². The smallest absolute Gasteiger partial charge is 0.250 e. The highest BCUT2D eigenvalue weighted by Crippen LogP contribution is 2.24. The molecule has 1 aromatic carbocycles. The summed E-state index contributed by atoms with van der Waals surface area (Å²) in [6.07, 6.45) is 7.25. The van der Waals surface area contributed by atoms with Gasteiger partial charge < -0.3 is 20.5 Å². The van der Waals surface area contributed by atoms with Crippen molar-refractivity contribution < 1.29 is 14.3 Å². The summed E-state index contributed by atoms with van der Waals surface area (Å²) in [5.74, 6) is 0.497. The van der Waals surface area contributed by atoms with E-state index < -0.39 is 0 Å². The van der Waals surface area contributed by atoms with Crippen LogP contribution in [-0.2, 0) is 9.53 Å². The topological polar surface area (TPSA) is 73.6 Å². The van der Waals surface area contributed by atoms with Crippen LogP contribution in [0.25, 0.3) is 0 Å². The zero-order chi connectivity index (χ0) is 15.1. The molecule has 1 aliphatic rings. The van der Waals surface area contributed by atoms with Crippen molar-refractivity contribution in [3.63, 3.8) is 0 Å². The predicted molar refractivity (Wildman–Crippen MR) is 83.5 cm³/mol. The number of hydrogen-bond donors (Lipinski definition) is 2. The quantitative estimate of drug-likeness (QED) is 0.646. The minimum absolute atomic E-state index is 0.0795. The molecule has 0 aliphatic heterocycles. The number of nitrogens with one attached hydrogen (secondary N) is 1. The van der Waals surface area contributed by atoms with Crippen molar-refractivity contribution >= 4 is 17.3 Å². The molecule has 1 fully saturated rings. The average molecular weight is 292 g/mol. The van der Waals surface area contributed by atoms with Crippen molar-refractivity contribution in [1.82, 2.24) is 0 Å². The molecule has 1 amide bonds. The van der Waals surface area contributed by atoms with Crippen molar-refractivity contribution in [2.75, 3.05) is 24.8 Å². The Bertz CT molecular complexity index is 469. The summed E-state index contributed by atoms with van der Waals surface area (Å²) in [6.45, 7) is 0.0795. The van der Waals surface area contributed by atoms with Crippen LogP contribution in [0.15, 0.2) is 18.2 Å². The maximum Gasteiger partial charge on any atom is 0.250 e. The molecule has 5 nitrogen and oxygen atoms in total. The molecule has 0 atom stereocenters. The number of nitrogens with two attached hydrogens (primary N) is 1. The molecule has 0 radical (unpaired) electrons. The molecule has 5 heteroatoms. The molecule has 116 valence electrons. The molecule has 1 aromatic rings. The van der Waals surface area contributed by atoms with Crippen molar-refractivity contribution in [3.05, 3.63) is 18.2 Å². The fraction of sp³-hybridized carbons (Fsp3) is 0.562. The number of methoxy groups -OCH3 is 1. The number of anilines is 2. The maximum absolute atomic E-state index is 11.9. The summed E-state index contributed by atoms with van der Waals surface area (Å²) in [6, 6.07) is 5.18. The van der Waals surface area contributed by atoms with Crippen LogP contribution < -0.4 is 15.8 Å². The zero-order valence-electron chi connectivity index (χ0n) is 12.6. The van der Waals surface area contributed by atoms with Gasteiger partial charge in [0.05, 0.1) is 24.6 Å². The van der Waals surface area contributed by atoms with E-state index in [4.69, 9.17) is 15.2 Å². The Morgan fingerprint density at radius 3 is 2.62 bits per heavy atom. The lowest BCUT2D eigenvalue weighted by Gasteiger charge is -2.15. The van der Waals surface area contributed by atoms with Crippen LogP contribution in [-0.4, -0.2) is 25.7 Å². The minimum Gasteiger partial charge on any atom is -0.497 e. The first kappa shape index (κ1) is 15.6. The summed E-state index contributed by atoms with van der Waals surface area (Å²) >= 11 is 0. The van der Waals surface area contributed by atoms with Gasteiger partial charge in [-0.25, -0.2) is 0 Å². The number of carbonyl (C=O) groups excluding carboxylic acids is 1. The molecule has 21 heavy (non-hydrogen) atoms. The zero-order valence-corrected chi connectivity index (χ0v) is 12.6. The molecule has 1 saturated carbocycles. The van der Waals surface area contributed by atoms with Crippen LogP contribution in [0.3, 0.4) is 0 Å². The van der Waals surface area contributed by atoms with Gasteiger partial charge in [0.1, 0.15) is 12.4 Å². The molecule has 3 N–H and O–H groups in total. The minimum atomic E-state index is -0.170. The molecule has 0 heterocycles. The van der Waals surface area contributed by atoms with Crippen LogP contribution in [0.2, 0.25) is 0 Å². The van der Waals surface area contributed by atoms with E-state index in [9.17, 15) is 4.79 Å². The molecule has 0 spiro atoms. The lowest BCUT2D eigenvalue weighted by atomic mass is 10.1. The van der Waals surface area contributed by atoms with Crippen LogP contribution in [0, 0.1) is 0 Å². The van der Waals surface area contributed by atoms with Crippen molar-refractivity contribution in [1.29, 1.82) is 0 Å². The van der Waals surface area contributed by atoms with E-state index in [1.54, 1.807) is 25.3 Å². The molecular formula is C16H24N2O3. The Labute approximate surface area is 125 Å². The normalized spacial score (nSPS) is 16.2. The lowest BCUT2D eigenvalue weighted by Crippen LogP contribution is -2.23. The SMILES string of the molecule is COc1ccc(NC(=O)COC2CCCCCC2)c(N)c1. The molecule has 0 saturated heterocycles. The number of ether oxygens (including phenoxy) is 2. The van der Waals surface area contributed by atoms with Gasteiger partial charge in [-0.3, -0.25) is 4.79 Å². The second-order valence-corrected chi connectivity index (χ2v) is 5.43. The Balaban J connectivity index is 1.81. The van der Waals surface area contributed by atoms with E-state index >= 15 is 0 Å². The highest BCUT2D eigenvalue weighted by Gasteiger charge is 2.14. The highest BCUT2D eigenvalue weighted by molar-refractivity contribution is 5.94. The number of benzene rings is 1. The Morgan fingerprint density at radius 1 is 1.29 bits per heavy atom. The summed E-state index contributed by atoms with van der Waals surface area (Å²) < 4.78 is 10.8. The third kappa shape index (κ3) is 4.93. The van der Waals surface area contributed by atoms with Gasteiger partial charge in [-0.05, 0) is 25.0 Å². The summed E-state index contributed by atoms with van der Waals surface area (Å²) in [7, 11) is 1.58. The Hall–Kier alpha value is -1.75. The van der Waals surface area contributed by atoms with E-state index in [1.165, 1.54) is 25.7 Å². The Morgan fingerprint density at radius 2 is 2.00 bits per heavy atom. The van der Waals surface area contributed by atoms with Gasteiger partial charge in [0.25, 0.3) is 0 Å². The Kier molecular flexibility index (Phi) is 5.87. The van der Waals surface area contributed by atoms with E-state index in [1.807, 2.05) is 0 Å². The van der Waals surface area contributed by atoms with Gasteiger partial charge in [-0.1, -0.05) is 25.7 Å². The van der Waals surface area contributed by atoms with Gasteiger partial charge >= 0.3 is 0 Å². The number of rotatable bonds is 5. The maximum atomic E-state index is 11.9. The predicted octanol–water partition coefficient (Wildman–Crippen LogP) is 2.96. The van der Waals surface area contributed by atoms with Crippen LogP contribution in [0.1, 0.15) is 38.5 Å². The second-order valence-electron chi connectivity index (χ2n) is 5.43. The largest absolute Gasteiger partial charge is 0.497 e. The first-order valence-corrected chi connectivity index (χ1v) is 7.54. The van der Waals surface area contributed by atoms with Gasteiger partial charge in [0.2, 0.25) is 5.91 Å². The molecule has 0 unspecified atom stereocenters. The molecular weight excluding hydrogens is 268 g/mol. The first-order chi connectivity index (χ1) is 10.2. The number of hydrogen-bond acceptors (Lipinski definition) is 4. The van der Waals surface area contributed by atoms with Crippen molar-refractivity contribution in [2.24, 2.45) is 0 Å². The molecule has 0 bridgehead atoms. The van der Waals surface area contributed by atoms with Crippen molar-refractivity contribution in [3.8, 4) is 5.75 Å². The first-order valence-electron chi connectivity index (χ1n) is 7.54. The standard InChI is InChI=1S/C16H24N2O3/c1-20-13-8-9-15(14(17)10-13)18-16(19)11-21-12-6-4-2-3-5-7-12/h8-10,12H,2-7,11,17H2,1H3,(H,18,19). The molecule has 1 aliphatic carbocycles. The van der Waals surface area contributed by atoms with Crippen LogP contribution in [0.5, 0.6) is 5.75 Å². The summed E-state index contributed by atoms with van der Waals surface area (Å²) in [5.41, 5.74) is 6.94. The van der Waals surface area contributed by atoms with E-state index in [0.717, 1.165) is 12.8 Å². The highest BCUT2D eigenvalue weighted by atomic mass is 16.5. The molecule has 2 rings (SSSR count).